The summed E-state index contributed by atoms with van der Waals surface area (Å²) in [6, 6.07) is 0. The predicted molar refractivity (Wildman–Crippen MR) is 72.1 cm³/mol. The van der Waals surface area contributed by atoms with Gasteiger partial charge < -0.3 is 10.2 Å². The Labute approximate surface area is 109 Å². The zero-order valence-corrected chi connectivity index (χ0v) is 11.5. The third-order valence-corrected chi connectivity index (χ3v) is 3.54. The summed E-state index contributed by atoms with van der Waals surface area (Å²) in [5.41, 5.74) is -0.256. The third-order valence-electron chi connectivity index (χ3n) is 3.54. The topological polar surface area (TPSA) is 57.5 Å². The molecular formula is C15H24O3. The number of carbonyl (C=O) groups is 1. The average Bonchev–Trinajstić information content (AvgIpc) is 2.26. The summed E-state index contributed by atoms with van der Waals surface area (Å²) >= 11 is 0. The monoisotopic (exact) mass is 252 g/mol. The van der Waals surface area contributed by atoms with Crippen LogP contribution in [0.4, 0.5) is 0 Å². The summed E-state index contributed by atoms with van der Waals surface area (Å²) in [5, 5.41) is 20.4. The van der Waals surface area contributed by atoms with Crippen LogP contribution in [-0.4, -0.2) is 28.2 Å². The molecule has 0 spiro atoms. The summed E-state index contributed by atoms with van der Waals surface area (Å²) in [4.78, 5) is 10.9. The van der Waals surface area contributed by atoms with E-state index in [0.717, 1.165) is 6.29 Å². The smallest absolute Gasteiger partial charge is 0.145 e. The van der Waals surface area contributed by atoms with E-state index < -0.39 is 11.7 Å². The van der Waals surface area contributed by atoms with Crippen molar-refractivity contribution in [3.63, 3.8) is 0 Å². The standard InChI is InChI=1S/C15H24O3/c1-11(2)13-6-8-15(3,18)7-4-5-12(10-16)9-14(13)17/h5-6,8,10-11,13-14,17-18H,4,7,9H2,1-3H3/b8-6+,12-5+/t13-,14+,15+/m0/s1. The van der Waals surface area contributed by atoms with Crippen LogP contribution in [0.1, 0.15) is 40.0 Å². The fourth-order valence-corrected chi connectivity index (χ4v) is 2.30. The maximum Gasteiger partial charge on any atom is 0.145 e. The van der Waals surface area contributed by atoms with Crippen LogP contribution in [0.3, 0.4) is 0 Å². The summed E-state index contributed by atoms with van der Waals surface area (Å²) in [7, 11) is 0. The van der Waals surface area contributed by atoms with Crippen molar-refractivity contribution in [2.24, 2.45) is 11.8 Å². The number of hydrogen-bond donors (Lipinski definition) is 2. The van der Waals surface area contributed by atoms with Crippen LogP contribution in [-0.2, 0) is 4.79 Å². The molecule has 0 amide bonds. The number of aldehydes is 1. The van der Waals surface area contributed by atoms with Crippen LogP contribution >= 0.6 is 0 Å². The maximum absolute atomic E-state index is 10.9. The van der Waals surface area contributed by atoms with Crippen molar-refractivity contribution < 1.29 is 15.0 Å². The fourth-order valence-electron chi connectivity index (χ4n) is 2.30. The molecule has 3 nitrogen and oxygen atoms in total. The minimum atomic E-state index is -0.880. The number of hydrogen-bond acceptors (Lipinski definition) is 3. The van der Waals surface area contributed by atoms with E-state index in [-0.39, 0.29) is 11.8 Å². The summed E-state index contributed by atoms with van der Waals surface area (Å²) < 4.78 is 0. The van der Waals surface area contributed by atoms with E-state index in [0.29, 0.717) is 24.8 Å². The first kappa shape index (κ1) is 15.1. The van der Waals surface area contributed by atoms with Crippen molar-refractivity contribution in [1.29, 1.82) is 0 Å². The van der Waals surface area contributed by atoms with Crippen molar-refractivity contribution in [3.05, 3.63) is 23.8 Å². The van der Waals surface area contributed by atoms with E-state index in [1.54, 1.807) is 13.0 Å². The molecule has 0 aliphatic heterocycles. The van der Waals surface area contributed by atoms with Crippen molar-refractivity contribution in [1.82, 2.24) is 0 Å². The highest BCUT2D eigenvalue weighted by atomic mass is 16.3. The van der Waals surface area contributed by atoms with Crippen molar-refractivity contribution in [2.75, 3.05) is 0 Å². The molecule has 18 heavy (non-hydrogen) atoms. The van der Waals surface area contributed by atoms with Crippen molar-refractivity contribution in [3.8, 4) is 0 Å². The van der Waals surface area contributed by atoms with E-state index in [4.69, 9.17) is 0 Å². The van der Waals surface area contributed by atoms with Gasteiger partial charge in [0, 0.05) is 12.3 Å². The highest BCUT2D eigenvalue weighted by Gasteiger charge is 2.24. The summed E-state index contributed by atoms with van der Waals surface area (Å²) in [5.74, 6) is 0.220. The molecule has 1 aliphatic rings. The maximum atomic E-state index is 10.9. The van der Waals surface area contributed by atoms with Crippen molar-refractivity contribution in [2.45, 2.75) is 51.7 Å². The molecule has 0 bridgehead atoms. The van der Waals surface area contributed by atoms with Crippen LogP contribution in [0.2, 0.25) is 0 Å². The Hall–Kier alpha value is -0.930. The normalized spacial score (nSPS) is 38.9. The summed E-state index contributed by atoms with van der Waals surface area (Å²) in [6.07, 6.45) is 7.34. The van der Waals surface area contributed by atoms with Gasteiger partial charge in [-0.2, -0.15) is 0 Å². The molecule has 1 aliphatic carbocycles. The highest BCUT2D eigenvalue weighted by molar-refractivity contribution is 5.73. The van der Waals surface area contributed by atoms with Crippen LogP contribution in [0.25, 0.3) is 0 Å². The minimum absolute atomic E-state index is 0.0436. The number of aliphatic hydroxyl groups is 2. The van der Waals surface area contributed by atoms with E-state index in [2.05, 4.69) is 0 Å². The minimum Gasteiger partial charge on any atom is -0.392 e. The molecule has 0 saturated carbocycles. The zero-order chi connectivity index (χ0) is 13.8. The lowest BCUT2D eigenvalue weighted by Crippen LogP contribution is -2.27. The molecule has 0 aromatic carbocycles. The molecule has 1 rings (SSSR count). The highest BCUT2D eigenvalue weighted by Crippen LogP contribution is 2.26. The van der Waals surface area contributed by atoms with Gasteiger partial charge in [0.15, 0.2) is 0 Å². The molecule has 2 N–H and O–H groups in total. The van der Waals surface area contributed by atoms with Crippen LogP contribution < -0.4 is 0 Å². The first-order valence-corrected chi connectivity index (χ1v) is 6.60. The van der Waals surface area contributed by atoms with Crippen LogP contribution in [0.15, 0.2) is 23.8 Å². The lowest BCUT2D eigenvalue weighted by Gasteiger charge is -2.27. The SMILES string of the molecule is CC(C)[C@@H]1/C=C/[C@](C)(O)CC/C=C(/C=O)C[C@H]1O. The largest absolute Gasteiger partial charge is 0.392 e. The number of allylic oxidation sites excluding steroid dienone is 1. The van der Waals surface area contributed by atoms with Gasteiger partial charge in [0.2, 0.25) is 0 Å². The van der Waals surface area contributed by atoms with Gasteiger partial charge in [0.1, 0.15) is 6.29 Å². The van der Waals surface area contributed by atoms with Gasteiger partial charge in [-0.15, -0.1) is 0 Å². The van der Waals surface area contributed by atoms with Crippen LogP contribution in [0, 0.1) is 11.8 Å². The Morgan fingerprint density at radius 1 is 1.50 bits per heavy atom. The molecule has 102 valence electrons. The third kappa shape index (κ3) is 4.39. The number of aliphatic hydroxyl groups excluding tert-OH is 1. The second-order valence-corrected chi connectivity index (χ2v) is 5.74. The van der Waals surface area contributed by atoms with E-state index >= 15 is 0 Å². The van der Waals surface area contributed by atoms with Gasteiger partial charge in [-0.1, -0.05) is 32.1 Å². The predicted octanol–water partition coefficient (Wildman–Crippen LogP) is 2.24. The molecule has 0 fully saturated rings. The molecule has 0 aromatic rings. The number of carbonyl (C=O) groups excluding carboxylic acids is 1. The molecule has 0 unspecified atom stereocenters. The second kappa shape index (κ2) is 6.30. The Morgan fingerprint density at radius 2 is 2.17 bits per heavy atom. The van der Waals surface area contributed by atoms with Gasteiger partial charge in [0.25, 0.3) is 0 Å². The van der Waals surface area contributed by atoms with Gasteiger partial charge in [-0.25, -0.2) is 0 Å². The molecule has 0 saturated heterocycles. The van der Waals surface area contributed by atoms with Gasteiger partial charge >= 0.3 is 0 Å². The molecular weight excluding hydrogens is 228 g/mol. The van der Waals surface area contributed by atoms with E-state index in [9.17, 15) is 15.0 Å². The van der Waals surface area contributed by atoms with Gasteiger partial charge in [0.05, 0.1) is 11.7 Å². The van der Waals surface area contributed by atoms with Crippen molar-refractivity contribution >= 4 is 6.29 Å². The average molecular weight is 252 g/mol. The fraction of sp³-hybridized carbons (Fsp3) is 0.667. The summed E-state index contributed by atoms with van der Waals surface area (Å²) in [6.45, 7) is 5.81. The van der Waals surface area contributed by atoms with Gasteiger partial charge in [-0.3, -0.25) is 4.79 Å². The van der Waals surface area contributed by atoms with Crippen LogP contribution in [0.5, 0.6) is 0 Å². The lowest BCUT2D eigenvalue weighted by atomic mass is 9.84. The van der Waals surface area contributed by atoms with E-state index in [1.165, 1.54) is 0 Å². The first-order valence-electron chi connectivity index (χ1n) is 6.60. The quantitative estimate of drug-likeness (QED) is 0.585. The number of rotatable bonds is 2. The Bertz CT molecular complexity index is 340. The lowest BCUT2D eigenvalue weighted by molar-refractivity contribution is -0.105. The molecule has 0 aromatic heterocycles. The van der Waals surface area contributed by atoms with E-state index in [1.807, 2.05) is 26.0 Å². The second-order valence-electron chi connectivity index (χ2n) is 5.74. The molecule has 0 heterocycles. The Kier molecular flexibility index (Phi) is 5.29. The zero-order valence-electron chi connectivity index (χ0n) is 11.5. The molecule has 3 atom stereocenters. The van der Waals surface area contributed by atoms with Gasteiger partial charge in [-0.05, 0) is 31.3 Å². The molecule has 3 heteroatoms. The first-order chi connectivity index (χ1) is 8.35. The Morgan fingerprint density at radius 3 is 2.72 bits per heavy atom. The molecule has 0 radical (unpaired) electrons. The Balaban J connectivity index is 2.99.